The highest BCUT2D eigenvalue weighted by Gasteiger charge is 2.12. The van der Waals surface area contributed by atoms with Gasteiger partial charge in [-0.2, -0.15) is 0 Å². The van der Waals surface area contributed by atoms with E-state index >= 15 is 0 Å². The second-order valence-corrected chi connectivity index (χ2v) is 2.76. The van der Waals surface area contributed by atoms with Crippen molar-refractivity contribution < 1.29 is 15.3 Å². The van der Waals surface area contributed by atoms with Crippen molar-refractivity contribution in [3.8, 4) is 0 Å². The molecule has 11 heavy (non-hydrogen) atoms. The molecule has 3 N–H and O–H groups in total. The molecule has 0 heterocycles. The highest BCUT2D eigenvalue weighted by molar-refractivity contribution is 4.64. The maximum atomic E-state index is 9.21. The van der Waals surface area contributed by atoms with Crippen LogP contribution in [0.15, 0.2) is 0 Å². The standard InChI is InChI=1S/C8H18O3/c1-2-7(10)8(11)5-3-4-6-9/h7-11H,2-6H2,1H3. The summed E-state index contributed by atoms with van der Waals surface area (Å²) in [6.07, 6.45) is 1.41. The van der Waals surface area contributed by atoms with Crippen LogP contribution in [0.3, 0.4) is 0 Å². The number of hydrogen-bond acceptors (Lipinski definition) is 3. The first-order valence-corrected chi connectivity index (χ1v) is 4.19. The van der Waals surface area contributed by atoms with Crippen LogP contribution in [0.4, 0.5) is 0 Å². The topological polar surface area (TPSA) is 60.7 Å². The van der Waals surface area contributed by atoms with Gasteiger partial charge in [-0.3, -0.25) is 0 Å². The fourth-order valence-corrected chi connectivity index (χ4v) is 0.930. The average Bonchev–Trinajstić information content (AvgIpc) is 2.03. The Hall–Kier alpha value is -0.120. The van der Waals surface area contributed by atoms with Crippen LogP contribution >= 0.6 is 0 Å². The van der Waals surface area contributed by atoms with Gasteiger partial charge in [-0.25, -0.2) is 0 Å². The molecule has 0 saturated carbocycles. The summed E-state index contributed by atoms with van der Waals surface area (Å²) in [5, 5.41) is 26.8. The Balaban J connectivity index is 3.28. The van der Waals surface area contributed by atoms with Crippen molar-refractivity contribution in [3.05, 3.63) is 0 Å². The van der Waals surface area contributed by atoms with Crippen LogP contribution < -0.4 is 0 Å². The second kappa shape index (κ2) is 6.58. The van der Waals surface area contributed by atoms with Gasteiger partial charge in [0.2, 0.25) is 0 Å². The Morgan fingerprint density at radius 1 is 1.09 bits per heavy atom. The predicted octanol–water partition coefficient (Wildman–Crippen LogP) is 0.281. The van der Waals surface area contributed by atoms with Gasteiger partial charge in [0.25, 0.3) is 0 Å². The Labute approximate surface area is 67.7 Å². The van der Waals surface area contributed by atoms with Crippen molar-refractivity contribution in [2.24, 2.45) is 0 Å². The van der Waals surface area contributed by atoms with Crippen molar-refractivity contribution in [3.63, 3.8) is 0 Å². The van der Waals surface area contributed by atoms with Gasteiger partial charge in [0, 0.05) is 6.61 Å². The number of aliphatic hydroxyl groups is 3. The molecule has 2 unspecified atom stereocenters. The van der Waals surface area contributed by atoms with Gasteiger partial charge in [-0.15, -0.1) is 0 Å². The fraction of sp³-hybridized carbons (Fsp3) is 1.00. The third-order valence-electron chi connectivity index (χ3n) is 1.77. The molecule has 0 aliphatic heterocycles. The van der Waals surface area contributed by atoms with Crippen LogP contribution in [0.25, 0.3) is 0 Å². The third kappa shape index (κ3) is 5.18. The number of rotatable bonds is 6. The van der Waals surface area contributed by atoms with Gasteiger partial charge >= 0.3 is 0 Å². The molecular formula is C8H18O3. The molecule has 0 rings (SSSR count). The monoisotopic (exact) mass is 162 g/mol. The zero-order chi connectivity index (χ0) is 8.69. The van der Waals surface area contributed by atoms with E-state index in [1.807, 2.05) is 6.92 Å². The van der Waals surface area contributed by atoms with Gasteiger partial charge in [0.1, 0.15) is 0 Å². The van der Waals surface area contributed by atoms with Crippen LogP contribution in [0.5, 0.6) is 0 Å². The summed E-state index contributed by atoms with van der Waals surface area (Å²) in [4.78, 5) is 0. The number of hydrogen-bond donors (Lipinski definition) is 3. The fourth-order valence-electron chi connectivity index (χ4n) is 0.930. The van der Waals surface area contributed by atoms with E-state index in [1.165, 1.54) is 0 Å². The summed E-state index contributed by atoms with van der Waals surface area (Å²) < 4.78 is 0. The van der Waals surface area contributed by atoms with Crippen LogP contribution in [-0.2, 0) is 0 Å². The molecule has 2 atom stereocenters. The largest absolute Gasteiger partial charge is 0.396 e. The van der Waals surface area contributed by atoms with E-state index in [-0.39, 0.29) is 6.61 Å². The van der Waals surface area contributed by atoms with Crippen molar-refractivity contribution in [2.75, 3.05) is 6.61 Å². The van der Waals surface area contributed by atoms with Crippen molar-refractivity contribution >= 4 is 0 Å². The molecule has 3 heteroatoms. The Bertz CT molecular complexity index is 85.4. The molecule has 0 bridgehead atoms. The Kier molecular flexibility index (Phi) is 6.51. The van der Waals surface area contributed by atoms with Gasteiger partial charge in [0.05, 0.1) is 12.2 Å². The first-order chi connectivity index (χ1) is 5.22. The quantitative estimate of drug-likeness (QED) is 0.492. The SMILES string of the molecule is CCC(O)C(O)CCCCO. The lowest BCUT2D eigenvalue weighted by atomic mass is 10.1. The minimum Gasteiger partial charge on any atom is -0.396 e. The van der Waals surface area contributed by atoms with E-state index in [0.717, 1.165) is 6.42 Å². The molecule has 0 spiro atoms. The summed E-state index contributed by atoms with van der Waals surface area (Å²) in [6.45, 7) is 1.99. The zero-order valence-corrected chi connectivity index (χ0v) is 7.03. The summed E-state index contributed by atoms with van der Waals surface area (Å²) in [6, 6.07) is 0. The van der Waals surface area contributed by atoms with Crippen LogP contribution in [-0.4, -0.2) is 34.1 Å². The van der Waals surface area contributed by atoms with E-state index in [4.69, 9.17) is 10.2 Å². The summed E-state index contributed by atoms with van der Waals surface area (Å²) in [5.74, 6) is 0. The Morgan fingerprint density at radius 3 is 2.18 bits per heavy atom. The molecule has 0 amide bonds. The minimum atomic E-state index is -0.619. The van der Waals surface area contributed by atoms with Gasteiger partial charge in [0.15, 0.2) is 0 Å². The van der Waals surface area contributed by atoms with Crippen molar-refractivity contribution in [1.29, 1.82) is 0 Å². The smallest absolute Gasteiger partial charge is 0.0799 e. The first kappa shape index (κ1) is 10.9. The number of aliphatic hydroxyl groups excluding tert-OH is 3. The molecule has 0 aromatic rings. The first-order valence-electron chi connectivity index (χ1n) is 4.19. The summed E-state index contributed by atoms with van der Waals surface area (Å²) >= 11 is 0. The molecule has 0 aliphatic rings. The lowest BCUT2D eigenvalue weighted by Crippen LogP contribution is -2.24. The summed E-state index contributed by atoms with van der Waals surface area (Å²) in [7, 11) is 0. The van der Waals surface area contributed by atoms with E-state index < -0.39 is 12.2 Å². The van der Waals surface area contributed by atoms with E-state index in [9.17, 15) is 5.11 Å². The minimum absolute atomic E-state index is 0.162. The van der Waals surface area contributed by atoms with E-state index in [2.05, 4.69) is 0 Å². The molecule has 68 valence electrons. The lowest BCUT2D eigenvalue weighted by molar-refractivity contribution is 0.0108. The molecular weight excluding hydrogens is 144 g/mol. The molecule has 0 aliphatic carbocycles. The van der Waals surface area contributed by atoms with Crippen LogP contribution in [0, 0.1) is 0 Å². The highest BCUT2D eigenvalue weighted by Crippen LogP contribution is 2.06. The molecule has 0 aromatic heterocycles. The highest BCUT2D eigenvalue weighted by atomic mass is 16.3. The zero-order valence-electron chi connectivity index (χ0n) is 7.03. The third-order valence-corrected chi connectivity index (χ3v) is 1.77. The van der Waals surface area contributed by atoms with Gasteiger partial charge < -0.3 is 15.3 Å². The molecule has 0 saturated heterocycles. The van der Waals surface area contributed by atoms with Gasteiger partial charge in [-0.1, -0.05) is 6.92 Å². The second-order valence-electron chi connectivity index (χ2n) is 2.76. The Morgan fingerprint density at radius 2 is 1.73 bits per heavy atom. The van der Waals surface area contributed by atoms with Gasteiger partial charge in [-0.05, 0) is 25.7 Å². The normalized spacial score (nSPS) is 16.4. The summed E-state index contributed by atoms with van der Waals surface area (Å²) in [5.41, 5.74) is 0. The maximum Gasteiger partial charge on any atom is 0.0799 e. The van der Waals surface area contributed by atoms with E-state index in [1.54, 1.807) is 0 Å². The molecule has 0 radical (unpaired) electrons. The average molecular weight is 162 g/mol. The van der Waals surface area contributed by atoms with Crippen LogP contribution in [0.2, 0.25) is 0 Å². The number of unbranched alkanes of at least 4 members (excludes halogenated alkanes) is 1. The predicted molar refractivity (Wildman–Crippen MR) is 43.2 cm³/mol. The van der Waals surface area contributed by atoms with Crippen molar-refractivity contribution in [2.45, 2.75) is 44.8 Å². The van der Waals surface area contributed by atoms with Crippen LogP contribution in [0.1, 0.15) is 32.6 Å². The van der Waals surface area contributed by atoms with Crippen molar-refractivity contribution in [1.82, 2.24) is 0 Å². The maximum absolute atomic E-state index is 9.21. The lowest BCUT2D eigenvalue weighted by Gasteiger charge is -2.15. The molecule has 3 nitrogen and oxygen atoms in total. The van der Waals surface area contributed by atoms with E-state index in [0.29, 0.717) is 19.3 Å². The molecule has 0 aromatic carbocycles. The molecule has 0 fully saturated rings.